The van der Waals surface area contributed by atoms with Gasteiger partial charge < -0.3 is 14.6 Å². The molecule has 0 amide bonds. The van der Waals surface area contributed by atoms with Crippen LogP contribution >= 0.6 is 15.9 Å². The minimum atomic E-state index is -0.948. The van der Waals surface area contributed by atoms with E-state index in [4.69, 9.17) is 14.6 Å². The molecule has 0 unspecified atom stereocenters. The molecule has 0 aliphatic carbocycles. The molecule has 0 saturated heterocycles. The summed E-state index contributed by atoms with van der Waals surface area (Å²) in [6.45, 7) is 0.398. The van der Waals surface area contributed by atoms with Crippen LogP contribution in [0.5, 0.6) is 11.5 Å². The van der Waals surface area contributed by atoms with Gasteiger partial charge in [0.05, 0.1) is 17.1 Å². The molecule has 0 heterocycles. The van der Waals surface area contributed by atoms with Gasteiger partial charge in [-0.05, 0) is 57.9 Å². The number of carbonyl (C=O) groups is 1. The van der Waals surface area contributed by atoms with Gasteiger partial charge in [0.2, 0.25) is 0 Å². The van der Waals surface area contributed by atoms with Crippen LogP contribution in [0.2, 0.25) is 0 Å². The van der Waals surface area contributed by atoms with Gasteiger partial charge in [-0.1, -0.05) is 6.07 Å². The van der Waals surface area contributed by atoms with Gasteiger partial charge >= 0.3 is 5.97 Å². The second kappa shape index (κ2) is 6.43. The van der Waals surface area contributed by atoms with Crippen molar-refractivity contribution in [3.8, 4) is 11.5 Å². The zero-order chi connectivity index (χ0) is 14.5. The number of hydrogen-bond acceptors (Lipinski definition) is 3. The van der Waals surface area contributed by atoms with Crippen molar-refractivity contribution in [3.63, 3.8) is 0 Å². The maximum atomic E-state index is 10.7. The van der Waals surface area contributed by atoms with E-state index in [0.717, 1.165) is 15.8 Å². The molecule has 0 aliphatic rings. The number of halogens is 1. The molecule has 4 nitrogen and oxygen atoms in total. The molecule has 0 radical (unpaired) electrons. The fraction of sp³-hybridized carbons (Fsp3) is 0.133. The number of aromatic carboxylic acids is 1. The highest BCUT2D eigenvalue weighted by Crippen LogP contribution is 2.26. The second-order valence-corrected chi connectivity index (χ2v) is 4.94. The van der Waals surface area contributed by atoms with Crippen molar-refractivity contribution in [1.82, 2.24) is 0 Å². The lowest BCUT2D eigenvalue weighted by atomic mass is 10.2. The van der Waals surface area contributed by atoms with Gasteiger partial charge in [-0.15, -0.1) is 0 Å². The fourth-order valence-electron chi connectivity index (χ4n) is 1.66. The van der Waals surface area contributed by atoms with Gasteiger partial charge in [0.25, 0.3) is 0 Å². The molecule has 5 heteroatoms. The Morgan fingerprint density at radius 1 is 1.20 bits per heavy atom. The Morgan fingerprint density at radius 3 is 2.45 bits per heavy atom. The molecule has 2 rings (SSSR count). The molecule has 2 aromatic carbocycles. The third-order valence-corrected chi connectivity index (χ3v) is 3.34. The van der Waals surface area contributed by atoms with Gasteiger partial charge in [0, 0.05) is 0 Å². The molecule has 1 N–H and O–H groups in total. The number of benzene rings is 2. The number of hydrogen-bond donors (Lipinski definition) is 1. The average molecular weight is 337 g/mol. The topological polar surface area (TPSA) is 55.8 Å². The van der Waals surface area contributed by atoms with Crippen molar-refractivity contribution in [3.05, 3.63) is 58.1 Å². The van der Waals surface area contributed by atoms with E-state index in [1.807, 2.05) is 18.2 Å². The van der Waals surface area contributed by atoms with Crippen LogP contribution in [-0.2, 0) is 6.61 Å². The third-order valence-electron chi connectivity index (χ3n) is 2.72. The van der Waals surface area contributed by atoms with Crippen LogP contribution < -0.4 is 9.47 Å². The van der Waals surface area contributed by atoms with E-state index in [2.05, 4.69) is 15.9 Å². The van der Waals surface area contributed by atoms with Crippen molar-refractivity contribution in [2.75, 3.05) is 7.11 Å². The number of ether oxygens (including phenoxy) is 2. The second-order valence-electron chi connectivity index (χ2n) is 4.09. The highest BCUT2D eigenvalue weighted by Gasteiger charge is 2.04. The predicted molar refractivity (Wildman–Crippen MR) is 78.4 cm³/mol. The molecule has 0 atom stereocenters. The van der Waals surface area contributed by atoms with Crippen LogP contribution in [0.3, 0.4) is 0 Å². The Balaban J connectivity index is 2.01. The molecule has 104 valence electrons. The Hall–Kier alpha value is -2.01. The summed E-state index contributed by atoms with van der Waals surface area (Å²) in [5, 5.41) is 8.81. The molecule has 0 aliphatic heterocycles. The standard InChI is InChI=1S/C15H13BrO4/c1-19-14-7-2-10(8-13(14)16)9-20-12-5-3-11(4-6-12)15(17)18/h2-8H,9H2,1H3,(H,17,18). The first-order chi connectivity index (χ1) is 9.60. The van der Waals surface area contributed by atoms with Crippen molar-refractivity contribution in [1.29, 1.82) is 0 Å². The summed E-state index contributed by atoms with van der Waals surface area (Å²) in [5.74, 6) is 0.442. The summed E-state index contributed by atoms with van der Waals surface area (Å²) in [7, 11) is 1.61. The molecular formula is C15H13BrO4. The van der Waals surface area contributed by atoms with Crippen molar-refractivity contribution >= 4 is 21.9 Å². The molecule has 0 aromatic heterocycles. The Morgan fingerprint density at radius 2 is 1.90 bits per heavy atom. The Bertz CT molecular complexity index is 608. The zero-order valence-electron chi connectivity index (χ0n) is 10.8. The fourth-order valence-corrected chi connectivity index (χ4v) is 2.25. The summed E-state index contributed by atoms with van der Waals surface area (Å²) in [6, 6.07) is 12.0. The quantitative estimate of drug-likeness (QED) is 0.903. The SMILES string of the molecule is COc1ccc(COc2ccc(C(=O)O)cc2)cc1Br. The van der Waals surface area contributed by atoms with Crippen LogP contribution in [0.25, 0.3) is 0 Å². The minimum Gasteiger partial charge on any atom is -0.496 e. The van der Waals surface area contributed by atoms with E-state index in [1.54, 1.807) is 19.2 Å². The van der Waals surface area contributed by atoms with E-state index in [0.29, 0.717) is 12.4 Å². The lowest BCUT2D eigenvalue weighted by Crippen LogP contribution is -1.98. The first-order valence-electron chi connectivity index (χ1n) is 5.88. The van der Waals surface area contributed by atoms with E-state index in [9.17, 15) is 4.79 Å². The lowest BCUT2D eigenvalue weighted by Gasteiger charge is -2.08. The van der Waals surface area contributed by atoms with E-state index >= 15 is 0 Å². The molecule has 2 aromatic rings. The van der Waals surface area contributed by atoms with E-state index in [-0.39, 0.29) is 5.56 Å². The number of carboxylic acids is 1. The minimum absolute atomic E-state index is 0.240. The summed E-state index contributed by atoms with van der Waals surface area (Å²) in [4.78, 5) is 10.7. The van der Waals surface area contributed by atoms with E-state index in [1.165, 1.54) is 12.1 Å². The highest BCUT2D eigenvalue weighted by molar-refractivity contribution is 9.10. The normalized spacial score (nSPS) is 10.1. The molecule has 0 saturated carbocycles. The monoisotopic (exact) mass is 336 g/mol. The third kappa shape index (κ3) is 3.51. The maximum absolute atomic E-state index is 10.7. The molecule has 0 spiro atoms. The highest BCUT2D eigenvalue weighted by atomic mass is 79.9. The van der Waals surface area contributed by atoms with Gasteiger partial charge in [-0.3, -0.25) is 0 Å². The predicted octanol–water partition coefficient (Wildman–Crippen LogP) is 3.73. The van der Waals surface area contributed by atoms with Gasteiger partial charge in [-0.2, -0.15) is 0 Å². The first kappa shape index (κ1) is 14.4. The molecular weight excluding hydrogens is 324 g/mol. The van der Waals surface area contributed by atoms with Gasteiger partial charge in [0.1, 0.15) is 18.1 Å². The lowest BCUT2D eigenvalue weighted by molar-refractivity contribution is 0.0697. The number of methoxy groups -OCH3 is 1. The molecule has 20 heavy (non-hydrogen) atoms. The smallest absolute Gasteiger partial charge is 0.335 e. The van der Waals surface area contributed by atoms with Crippen LogP contribution in [-0.4, -0.2) is 18.2 Å². The maximum Gasteiger partial charge on any atom is 0.335 e. The van der Waals surface area contributed by atoms with Crippen LogP contribution in [0.4, 0.5) is 0 Å². The summed E-state index contributed by atoms with van der Waals surface area (Å²) in [5.41, 5.74) is 1.23. The van der Waals surface area contributed by atoms with Crippen molar-refractivity contribution in [2.45, 2.75) is 6.61 Å². The summed E-state index contributed by atoms with van der Waals surface area (Å²) in [6.07, 6.45) is 0. The van der Waals surface area contributed by atoms with Crippen LogP contribution in [0, 0.1) is 0 Å². The summed E-state index contributed by atoms with van der Waals surface area (Å²) >= 11 is 3.41. The Kier molecular flexibility index (Phi) is 4.63. The molecule has 0 fully saturated rings. The average Bonchev–Trinajstić information content (AvgIpc) is 2.45. The largest absolute Gasteiger partial charge is 0.496 e. The van der Waals surface area contributed by atoms with Gasteiger partial charge in [0.15, 0.2) is 0 Å². The van der Waals surface area contributed by atoms with Crippen LogP contribution in [0.1, 0.15) is 15.9 Å². The zero-order valence-corrected chi connectivity index (χ0v) is 12.4. The molecule has 0 bridgehead atoms. The van der Waals surface area contributed by atoms with Gasteiger partial charge in [-0.25, -0.2) is 4.79 Å². The van der Waals surface area contributed by atoms with Crippen LogP contribution in [0.15, 0.2) is 46.9 Å². The number of rotatable bonds is 5. The van der Waals surface area contributed by atoms with Crippen molar-refractivity contribution < 1.29 is 19.4 Å². The number of carboxylic acid groups (broad SMARTS) is 1. The van der Waals surface area contributed by atoms with Crippen molar-refractivity contribution in [2.24, 2.45) is 0 Å². The summed E-state index contributed by atoms with van der Waals surface area (Å²) < 4.78 is 11.6. The first-order valence-corrected chi connectivity index (χ1v) is 6.68. The van der Waals surface area contributed by atoms with E-state index < -0.39 is 5.97 Å². The Labute approximate surface area is 125 Å².